The molecule has 2 aromatic carbocycles. The highest BCUT2D eigenvalue weighted by atomic mass is 14.8. The summed E-state index contributed by atoms with van der Waals surface area (Å²) in [5.41, 5.74) is 5.66. The van der Waals surface area contributed by atoms with Crippen molar-refractivity contribution in [3.05, 3.63) is 88.5 Å². The summed E-state index contributed by atoms with van der Waals surface area (Å²) in [5, 5.41) is 12.5. The lowest BCUT2D eigenvalue weighted by Crippen LogP contribution is -2.15. The average Bonchev–Trinajstić information content (AvgIpc) is 2.57. The summed E-state index contributed by atoms with van der Waals surface area (Å²) >= 11 is 0. The molecule has 0 aliphatic carbocycles. The zero-order valence-electron chi connectivity index (χ0n) is 13.7. The zero-order chi connectivity index (χ0) is 16.5. The Labute approximate surface area is 138 Å². The number of rotatable bonds is 6. The summed E-state index contributed by atoms with van der Waals surface area (Å²) in [6.07, 6.45) is 5.83. The Balaban J connectivity index is 1.89. The maximum absolute atomic E-state index is 9.21. The molecule has 0 bridgehead atoms. The van der Waals surface area contributed by atoms with Gasteiger partial charge in [0.25, 0.3) is 0 Å². The molecule has 0 saturated heterocycles. The van der Waals surface area contributed by atoms with Crippen LogP contribution in [-0.2, 0) is 6.54 Å². The van der Waals surface area contributed by atoms with Gasteiger partial charge < -0.3 is 5.32 Å². The number of nitrogens with zero attached hydrogens (tertiary/aromatic N) is 1. The Morgan fingerprint density at radius 3 is 2.57 bits per heavy atom. The second-order valence-electron chi connectivity index (χ2n) is 5.60. The van der Waals surface area contributed by atoms with Crippen molar-refractivity contribution in [3.63, 3.8) is 0 Å². The SMILES string of the molecule is Cc1ccc(/C=C/C=C(\C#N)CNCc2ccccc2)cc1C. The molecule has 0 aliphatic heterocycles. The molecule has 1 N–H and O–H groups in total. The lowest BCUT2D eigenvalue weighted by Gasteiger charge is -2.03. The highest BCUT2D eigenvalue weighted by Gasteiger charge is 1.96. The van der Waals surface area contributed by atoms with E-state index in [2.05, 4.69) is 55.6 Å². The molecule has 0 aliphatic rings. The smallest absolute Gasteiger partial charge is 0.0960 e. The first-order valence-corrected chi connectivity index (χ1v) is 7.78. The van der Waals surface area contributed by atoms with Crippen LogP contribution in [0.3, 0.4) is 0 Å². The van der Waals surface area contributed by atoms with E-state index < -0.39 is 0 Å². The molecule has 2 rings (SSSR count). The molecule has 0 spiro atoms. The van der Waals surface area contributed by atoms with Gasteiger partial charge >= 0.3 is 0 Å². The van der Waals surface area contributed by atoms with Crippen molar-refractivity contribution in [2.45, 2.75) is 20.4 Å². The van der Waals surface area contributed by atoms with Gasteiger partial charge in [-0.3, -0.25) is 0 Å². The fourth-order valence-corrected chi connectivity index (χ4v) is 2.22. The van der Waals surface area contributed by atoms with E-state index in [1.165, 1.54) is 16.7 Å². The second kappa shape index (κ2) is 8.73. The van der Waals surface area contributed by atoms with Crippen molar-refractivity contribution in [3.8, 4) is 6.07 Å². The minimum Gasteiger partial charge on any atom is -0.308 e. The van der Waals surface area contributed by atoms with Crippen molar-refractivity contribution in [2.75, 3.05) is 6.54 Å². The molecule has 2 heteroatoms. The van der Waals surface area contributed by atoms with E-state index in [0.29, 0.717) is 6.54 Å². The standard InChI is InChI=1S/C21H22N2/c1-17-11-12-19(13-18(17)2)9-6-10-21(14-22)16-23-15-20-7-4-3-5-8-20/h3-13,23H,15-16H2,1-2H3/b9-6+,21-10+. The van der Waals surface area contributed by atoms with Gasteiger partial charge in [-0.1, -0.05) is 60.7 Å². The Morgan fingerprint density at radius 2 is 1.87 bits per heavy atom. The van der Waals surface area contributed by atoms with Crippen molar-refractivity contribution < 1.29 is 0 Å². The van der Waals surface area contributed by atoms with E-state index in [-0.39, 0.29) is 0 Å². The van der Waals surface area contributed by atoms with E-state index >= 15 is 0 Å². The molecule has 2 nitrogen and oxygen atoms in total. The molecule has 0 unspecified atom stereocenters. The first-order chi connectivity index (χ1) is 11.2. The van der Waals surface area contributed by atoms with Crippen molar-refractivity contribution >= 4 is 6.08 Å². The number of aryl methyl sites for hydroxylation is 2. The fraction of sp³-hybridized carbons (Fsp3) is 0.190. The van der Waals surface area contributed by atoms with Crippen LogP contribution in [0.5, 0.6) is 0 Å². The van der Waals surface area contributed by atoms with Gasteiger partial charge in [-0.05, 0) is 42.2 Å². The van der Waals surface area contributed by atoms with Gasteiger partial charge in [-0.25, -0.2) is 0 Å². The van der Waals surface area contributed by atoms with Crippen LogP contribution in [0.4, 0.5) is 0 Å². The van der Waals surface area contributed by atoms with Gasteiger partial charge in [0.05, 0.1) is 6.07 Å². The zero-order valence-corrected chi connectivity index (χ0v) is 13.7. The third kappa shape index (κ3) is 5.58. The van der Waals surface area contributed by atoms with Crippen LogP contribution in [-0.4, -0.2) is 6.54 Å². The average molecular weight is 302 g/mol. The van der Waals surface area contributed by atoms with Gasteiger partial charge in [0.2, 0.25) is 0 Å². The number of nitrogens with one attached hydrogen (secondary N) is 1. The topological polar surface area (TPSA) is 35.8 Å². The van der Waals surface area contributed by atoms with Crippen LogP contribution in [0.1, 0.15) is 22.3 Å². The Hall–Kier alpha value is -2.63. The molecule has 0 radical (unpaired) electrons. The van der Waals surface area contributed by atoms with Gasteiger partial charge in [0, 0.05) is 18.7 Å². The molecule has 23 heavy (non-hydrogen) atoms. The van der Waals surface area contributed by atoms with Crippen LogP contribution >= 0.6 is 0 Å². The van der Waals surface area contributed by atoms with Crippen LogP contribution in [0.15, 0.2) is 66.3 Å². The number of allylic oxidation sites excluding steroid dienone is 2. The van der Waals surface area contributed by atoms with Crippen LogP contribution in [0.25, 0.3) is 6.08 Å². The second-order valence-corrected chi connectivity index (χ2v) is 5.60. The minimum absolute atomic E-state index is 0.572. The van der Waals surface area contributed by atoms with E-state index in [1.807, 2.05) is 36.4 Å². The first-order valence-electron chi connectivity index (χ1n) is 7.78. The molecule has 116 valence electrons. The Morgan fingerprint density at radius 1 is 1.09 bits per heavy atom. The molecule has 0 heterocycles. The third-order valence-electron chi connectivity index (χ3n) is 3.75. The van der Waals surface area contributed by atoms with Crippen LogP contribution in [0, 0.1) is 25.2 Å². The minimum atomic E-state index is 0.572. The molecule has 2 aromatic rings. The number of hydrogen-bond acceptors (Lipinski definition) is 2. The van der Waals surface area contributed by atoms with Crippen molar-refractivity contribution in [1.29, 1.82) is 5.26 Å². The predicted octanol–water partition coefficient (Wildman–Crippen LogP) is 4.56. The number of nitriles is 1. The fourth-order valence-electron chi connectivity index (χ4n) is 2.22. The van der Waals surface area contributed by atoms with Crippen LogP contribution < -0.4 is 5.32 Å². The maximum atomic E-state index is 9.21. The largest absolute Gasteiger partial charge is 0.308 e. The molecule has 0 fully saturated rings. The molecule has 0 aromatic heterocycles. The van der Waals surface area contributed by atoms with E-state index in [4.69, 9.17) is 0 Å². The van der Waals surface area contributed by atoms with Crippen molar-refractivity contribution in [2.24, 2.45) is 0 Å². The van der Waals surface area contributed by atoms with E-state index in [0.717, 1.165) is 17.7 Å². The summed E-state index contributed by atoms with van der Waals surface area (Å²) < 4.78 is 0. The normalized spacial score (nSPS) is 11.6. The van der Waals surface area contributed by atoms with E-state index in [9.17, 15) is 5.26 Å². The number of benzene rings is 2. The lowest BCUT2D eigenvalue weighted by molar-refractivity contribution is 0.748. The maximum Gasteiger partial charge on any atom is 0.0960 e. The summed E-state index contributed by atoms with van der Waals surface area (Å²) in [6.45, 7) is 5.55. The first kappa shape index (κ1) is 16.7. The Bertz CT molecular complexity index is 734. The molecule has 0 saturated carbocycles. The third-order valence-corrected chi connectivity index (χ3v) is 3.75. The molecule has 0 atom stereocenters. The van der Waals surface area contributed by atoms with Gasteiger partial charge in [-0.15, -0.1) is 0 Å². The van der Waals surface area contributed by atoms with Gasteiger partial charge in [0.15, 0.2) is 0 Å². The quantitative estimate of drug-likeness (QED) is 0.627. The predicted molar refractivity (Wildman–Crippen MR) is 96.8 cm³/mol. The monoisotopic (exact) mass is 302 g/mol. The molecular weight excluding hydrogens is 280 g/mol. The van der Waals surface area contributed by atoms with Crippen molar-refractivity contribution in [1.82, 2.24) is 5.32 Å². The summed E-state index contributed by atoms with van der Waals surface area (Å²) in [5.74, 6) is 0. The highest BCUT2D eigenvalue weighted by Crippen LogP contribution is 2.11. The summed E-state index contributed by atoms with van der Waals surface area (Å²) in [7, 11) is 0. The van der Waals surface area contributed by atoms with Gasteiger partial charge in [0.1, 0.15) is 0 Å². The van der Waals surface area contributed by atoms with Crippen LogP contribution in [0.2, 0.25) is 0 Å². The van der Waals surface area contributed by atoms with E-state index in [1.54, 1.807) is 0 Å². The highest BCUT2D eigenvalue weighted by molar-refractivity contribution is 5.54. The number of hydrogen-bond donors (Lipinski definition) is 1. The summed E-state index contributed by atoms with van der Waals surface area (Å²) in [6, 6.07) is 18.8. The Kier molecular flexibility index (Phi) is 6.35. The lowest BCUT2D eigenvalue weighted by atomic mass is 10.1. The molecule has 0 amide bonds. The summed E-state index contributed by atoms with van der Waals surface area (Å²) in [4.78, 5) is 0. The van der Waals surface area contributed by atoms with Gasteiger partial charge in [-0.2, -0.15) is 5.26 Å². The molecular formula is C21H22N2.